The van der Waals surface area contributed by atoms with Gasteiger partial charge in [0.05, 0.1) is 0 Å². The average molecular weight is 350 g/mol. The maximum atomic E-state index is 12.8. The Labute approximate surface area is 147 Å². The van der Waals surface area contributed by atoms with Crippen molar-refractivity contribution in [3.8, 4) is 0 Å². The molecule has 3 aliphatic rings. The molecule has 3 fully saturated rings. The number of carbonyl (C=O) groups is 1. The van der Waals surface area contributed by atoms with E-state index in [1.54, 1.807) is 0 Å². The van der Waals surface area contributed by atoms with E-state index in [0.717, 1.165) is 51.3 Å². The molecule has 2 saturated heterocycles. The summed E-state index contributed by atoms with van der Waals surface area (Å²) in [5.74, 6) is 1.42. The monoisotopic (exact) mass is 350 g/mol. The van der Waals surface area contributed by atoms with Gasteiger partial charge in [0, 0.05) is 49.2 Å². The van der Waals surface area contributed by atoms with Crippen LogP contribution in [0.1, 0.15) is 51.3 Å². The number of anilines is 1. The lowest BCUT2D eigenvalue weighted by Crippen LogP contribution is -2.72. The van der Waals surface area contributed by atoms with E-state index in [4.69, 9.17) is 4.74 Å². The summed E-state index contributed by atoms with van der Waals surface area (Å²) in [4.78, 5) is 19.2. The molecule has 1 unspecified atom stereocenters. The van der Waals surface area contributed by atoms with Gasteiger partial charge in [0.1, 0.15) is 5.82 Å². The van der Waals surface area contributed by atoms with Gasteiger partial charge in [-0.15, -0.1) is 0 Å². The van der Waals surface area contributed by atoms with Crippen LogP contribution in [-0.4, -0.2) is 46.1 Å². The number of likely N-dealkylation sites (tertiary alicyclic amines) is 1. The molecule has 24 heavy (non-hydrogen) atoms. The Kier molecular flexibility index (Phi) is 4.47. The maximum absolute atomic E-state index is 12.8. The minimum atomic E-state index is 0.00298. The Balaban J connectivity index is 1.42. The second kappa shape index (κ2) is 6.59. The maximum Gasteiger partial charge on any atom is 0.323 e. The molecular weight excluding hydrogens is 324 g/mol. The number of ether oxygens (including phenoxy) is 1. The molecular formula is C17H26N4O2S. The van der Waals surface area contributed by atoms with E-state index in [1.165, 1.54) is 30.8 Å². The van der Waals surface area contributed by atoms with Crippen LogP contribution < -0.4 is 5.32 Å². The van der Waals surface area contributed by atoms with Crippen LogP contribution in [0.15, 0.2) is 0 Å². The largest absolute Gasteiger partial charge is 0.381 e. The third kappa shape index (κ3) is 2.81. The number of rotatable bonds is 4. The third-order valence-electron chi connectivity index (χ3n) is 5.93. The highest BCUT2D eigenvalue weighted by Crippen LogP contribution is 2.56. The Hall–Kier alpha value is -1.21. The summed E-state index contributed by atoms with van der Waals surface area (Å²) in [5, 5.41) is 3.61. The third-order valence-corrected chi connectivity index (χ3v) is 6.59. The van der Waals surface area contributed by atoms with Crippen LogP contribution in [0.25, 0.3) is 0 Å². The lowest BCUT2D eigenvalue weighted by molar-refractivity contribution is -0.135. The van der Waals surface area contributed by atoms with Gasteiger partial charge >= 0.3 is 6.03 Å². The van der Waals surface area contributed by atoms with E-state index in [0.29, 0.717) is 22.5 Å². The number of nitrogens with zero attached hydrogens (tertiary/aromatic N) is 3. The summed E-state index contributed by atoms with van der Waals surface area (Å²) in [6.07, 6.45) is 7.91. The van der Waals surface area contributed by atoms with Crippen molar-refractivity contribution in [2.75, 3.05) is 25.1 Å². The first-order chi connectivity index (χ1) is 11.7. The first-order valence-electron chi connectivity index (χ1n) is 9.20. The van der Waals surface area contributed by atoms with Crippen molar-refractivity contribution < 1.29 is 9.53 Å². The Morgan fingerprint density at radius 2 is 2.21 bits per heavy atom. The van der Waals surface area contributed by atoms with Crippen LogP contribution in [0.3, 0.4) is 0 Å². The Bertz CT molecular complexity index is 595. The molecule has 0 radical (unpaired) electrons. The normalized spacial score (nSPS) is 26.0. The van der Waals surface area contributed by atoms with Crippen LogP contribution in [0.5, 0.6) is 0 Å². The minimum Gasteiger partial charge on any atom is -0.381 e. The van der Waals surface area contributed by atoms with Crippen LogP contribution in [0.4, 0.5) is 9.93 Å². The number of hydrogen-bond donors (Lipinski definition) is 1. The van der Waals surface area contributed by atoms with Crippen LogP contribution in [0, 0.1) is 11.3 Å². The molecule has 7 heteroatoms. The van der Waals surface area contributed by atoms with Gasteiger partial charge in [0.25, 0.3) is 0 Å². The summed E-state index contributed by atoms with van der Waals surface area (Å²) in [6, 6.07) is 0.390. The number of amides is 2. The number of aromatic nitrogens is 2. The van der Waals surface area contributed by atoms with Gasteiger partial charge in [0.15, 0.2) is 0 Å². The predicted molar refractivity (Wildman–Crippen MR) is 93.2 cm³/mol. The molecule has 1 N–H and O–H groups in total. The summed E-state index contributed by atoms with van der Waals surface area (Å²) >= 11 is 1.29. The summed E-state index contributed by atoms with van der Waals surface area (Å²) in [5.41, 5.74) is 0.397. The molecule has 1 saturated carbocycles. The zero-order valence-corrected chi connectivity index (χ0v) is 15.1. The number of carbonyl (C=O) groups excluding carboxylic acids is 1. The molecule has 4 rings (SSSR count). The van der Waals surface area contributed by atoms with Gasteiger partial charge in [-0.2, -0.15) is 4.37 Å². The highest BCUT2D eigenvalue weighted by Gasteiger charge is 2.59. The lowest BCUT2D eigenvalue weighted by Gasteiger charge is -2.64. The molecule has 1 aromatic rings. The van der Waals surface area contributed by atoms with E-state index in [-0.39, 0.29) is 6.03 Å². The lowest BCUT2D eigenvalue weighted by atomic mass is 9.54. The van der Waals surface area contributed by atoms with E-state index in [9.17, 15) is 4.79 Å². The predicted octanol–water partition coefficient (Wildman–Crippen LogP) is 3.30. The molecule has 1 aromatic heterocycles. The van der Waals surface area contributed by atoms with Crippen LogP contribution in [-0.2, 0) is 11.2 Å². The quantitative estimate of drug-likeness (QED) is 0.905. The van der Waals surface area contributed by atoms with Crippen molar-refractivity contribution >= 4 is 22.7 Å². The second-order valence-corrected chi connectivity index (χ2v) is 8.19. The molecule has 1 atom stereocenters. The molecule has 1 aliphatic carbocycles. The van der Waals surface area contributed by atoms with Crippen molar-refractivity contribution in [3.63, 3.8) is 0 Å². The molecule has 0 bridgehead atoms. The first kappa shape index (κ1) is 16.3. The topological polar surface area (TPSA) is 67.4 Å². The number of nitrogens with one attached hydrogen (secondary N) is 1. The zero-order valence-electron chi connectivity index (χ0n) is 14.3. The summed E-state index contributed by atoms with van der Waals surface area (Å²) in [7, 11) is 0. The number of urea groups is 1. The number of aryl methyl sites for hydroxylation is 1. The smallest absolute Gasteiger partial charge is 0.323 e. The average Bonchev–Trinajstić information content (AvgIpc) is 2.93. The minimum absolute atomic E-state index is 0.00298. The van der Waals surface area contributed by atoms with E-state index in [1.807, 2.05) is 0 Å². The molecule has 3 heterocycles. The Morgan fingerprint density at radius 3 is 2.88 bits per heavy atom. The fourth-order valence-electron chi connectivity index (χ4n) is 4.61. The van der Waals surface area contributed by atoms with Crippen molar-refractivity contribution in [2.45, 2.75) is 57.9 Å². The first-order valence-corrected chi connectivity index (χ1v) is 9.97. The van der Waals surface area contributed by atoms with E-state index in [2.05, 4.69) is 26.5 Å². The standard InChI is InChI=1S/C17H26N4O2S/c1-2-4-13-18-15(24-20-13)19-16(22)21-11-17(7-3-8-17)14(21)12-5-9-23-10-6-12/h12,14H,2-11H2,1H3,(H,18,19,20,22). The van der Waals surface area contributed by atoms with Gasteiger partial charge in [-0.3, -0.25) is 5.32 Å². The number of hydrogen-bond acceptors (Lipinski definition) is 5. The molecule has 2 amide bonds. The van der Waals surface area contributed by atoms with Crippen LogP contribution >= 0.6 is 11.5 Å². The molecule has 1 spiro atoms. The van der Waals surface area contributed by atoms with Crippen molar-refractivity contribution in [2.24, 2.45) is 11.3 Å². The van der Waals surface area contributed by atoms with Crippen LogP contribution in [0.2, 0.25) is 0 Å². The molecule has 132 valence electrons. The van der Waals surface area contributed by atoms with Gasteiger partial charge in [-0.1, -0.05) is 13.3 Å². The summed E-state index contributed by atoms with van der Waals surface area (Å²) in [6.45, 7) is 4.68. The summed E-state index contributed by atoms with van der Waals surface area (Å²) < 4.78 is 9.83. The molecule has 2 aliphatic heterocycles. The molecule has 0 aromatic carbocycles. The highest BCUT2D eigenvalue weighted by atomic mass is 32.1. The van der Waals surface area contributed by atoms with Gasteiger partial charge < -0.3 is 9.64 Å². The van der Waals surface area contributed by atoms with Crippen molar-refractivity contribution in [3.05, 3.63) is 5.82 Å². The Morgan fingerprint density at radius 1 is 1.42 bits per heavy atom. The zero-order chi connectivity index (χ0) is 16.6. The molecule has 6 nitrogen and oxygen atoms in total. The van der Waals surface area contributed by atoms with Crippen molar-refractivity contribution in [1.82, 2.24) is 14.3 Å². The second-order valence-electron chi connectivity index (χ2n) is 7.43. The van der Waals surface area contributed by atoms with Crippen molar-refractivity contribution in [1.29, 1.82) is 0 Å². The SMILES string of the molecule is CCCc1nsc(NC(=O)N2CC3(CCC3)C2C2CCOCC2)n1. The fourth-order valence-corrected chi connectivity index (χ4v) is 5.21. The van der Waals surface area contributed by atoms with E-state index < -0.39 is 0 Å². The van der Waals surface area contributed by atoms with Gasteiger partial charge in [0.2, 0.25) is 5.13 Å². The van der Waals surface area contributed by atoms with E-state index >= 15 is 0 Å². The van der Waals surface area contributed by atoms with Gasteiger partial charge in [-0.05, 0) is 38.0 Å². The van der Waals surface area contributed by atoms with Gasteiger partial charge in [-0.25, -0.2) is 9.78 Å². The fraction of sp³-hybridized carbons (Fsp3) is 0.824. The highest BCUT2D eigenvalue weighted by molar-refractivity contribution is 7.09.